The third kappa shape index (κ3) is 2.46. The van der Waals surface area contributed by atoms with Gasteiger partial charge >= 0.3 is 0 Å². The number of halogens is 1. The smallest absolute Gasteiger partial charge is 0.248 e. The van der Waals surface area contributed by atoms with Crippen molar-refractivity contribution in [3.05, 3.63) is 28.8 Å². The highest BCUT2D eigenvalue weighted by Gasteiger charge is 2.19. The van der Waals surface area contributed by atoms with Crippen LogP contribution in [0.3, 0.4) is 0 Å². The Morgan fingerprint density at radius 2 is 2.31 bits per heavy atom. The van der Waals surface area contributed by atoms with Crippen molar-refractivity contribution in [3.8, 4) is 0 Å². The summed E-state index contributed by atoms with van der Waals surface area (Å²) in [6.07, 6.45) is 0. The number of nitrogen functional groups attached to an aromatic ring is 1. The quantitative estimate of drug-likeness (QED) is 0.793. The Morgan fingerprint density at radius 3 is 3.00 bits per heavy atom. The zero-order valence-electron chi connectivity index (χ0n) is 8.78. The second-order valence-electron chi connectivity index (χ2n) is 3.71. The molecule has 1 fully saturated rings. The topological polar surface area (TPSA) is 55.6 Å². The molecular formula is C11H13ClN2O2. The molecule has 0 radical (unpaired) electrons. The Kier molecular flexibility index (Phi) is 3.31. The maximum absolute atomic E-state index is 11.5. The first-order chi connectivity index (χ1) is 7.66. The fourth-order valence-corrected chi connectivity index (χ4v) is 1.81. The zero-order valence-corrected chi connectivity index (χ0v) is 9.54. The molecule has 0 saturated carbocycles. The van der Waals surface area contributed by atoms with Crippen LogP contribution in [0.1, 0.15) is 5.56 Å². The molecule has 16 heavy (non-hydrogen) atoms. The summed E-state index contributed by atoms with van der Waals surface area (Å²) in [6.45, 7) is 1.87. The minimum absolute atomic E-state index is 0.000556. The Bertz CT molecular complexity index is 409. The van der Waals surface area contributed by atoms with Crippen LogP contribution in [0.25, 0.3) is 0 Å². The monoisotopic (exact) mass is 240 g/mol. The predicted molar refractivity (Wildman–Crippen MR) is 62.1 cm³/mol. The van der Waals surface area contributed by atoms with Crippen LogP contribution in [0.2, 0.25) is 5.02 Å². The van der Waals surface area contributed by atoms with Crippen molar-refractivity contribution in [1.29, 1.82) is 0 Å². The molecule has 86 valence electrons. The van der Waals surface area contributed by atoms with Crippen molar-refractivity contribution >= 4 is 23.2 Å². The molecule has 1 aliphatic rings. The summed E-state index contributed by atoms with van der Waals surface area (Å²) in [7, 11) is 0. The maximum Gasteiger partial charge on any atom is 0.248 e. The number of ether oxygens (including phenoxy) is 1. The molecule has 1 aliphatic heterocycles. The molecule has 1 saturated heterocycles. The molecule has 1 amide bonds. The van der Waals surface area contributed by atoms with E-state index in [9.17, 15) is 4.79 Å². The second-order valence-corrected chi connectivity index (χ2v) is 4.15. The molecule has 0 unspecified atom stereocenters. The van der Waals surface area contributed by atoms with Gasteiger partial charge in [0.05, 0.1) is 6.61 Å². The van der Waals surface area contributed by atoms with Crippen molar-refractivity contribution in [3.63, 3.8) is 0 Å². The van der Waals surface area contributed by atoms with Gasteiger partial charge in [-0.25, -0.2) is 0 Å². The van der Waals surface area contributed by atoms with E-state index in [1.54, 1.807) is 17.0 Å². The van der Waals surface area contributed by atoms with E-state index in [0.717, 1.165) is 5.56 Å². The number of hydrogen-bond acceptors (Lipinski definition) is 3. The highest BCUT2D eigenvalue weighted by atomic mass is 35.5. The number of carbonyl (C=O) groups excluding carboxylic acids is 1. The summed E-state index contributed by atoms with van der Waals surface area (Å²) in [5, 5.41) is 0.606. The second kappa shape index (κ2) is 4.72. The number of amides is 1. The van der Waals surface area contributed by atoms with Gasteiger partial charge in [0.15, 0.2) is 0 Å². The number of nitrogens with two attached hydrogens (primary N) is 1. The molecule has 0 aromatic heterocycles. The number of anilines is 1. The molecule has 1 aromatic carbocycles. The lowest BCUT2D eigenvalue weighted by Gasteiger charge is -2.27. The van der Waals surface area contributed by atoms with Crippen LogP contribution in [0, 0.1) is 0 Å². The summed E-state index contributed by atoms with van der Waals surface area (Å²) < 4.78 is 5.06. The van der Waals surface area contributed by atoms with Gasteiger partial charge < -0.3 is 15.4 Å². The number of rotatable bonds is 2. The highest BCUT2D eigenvalue weighted by molar-refractivity contribution is 6.30. The van der Waals surface area contributed by atoms with Crippen LogP contribution >= 0.6 is 11.6 Å². The van der Waals surface area contributed by atoms with Crippen LogP contribution in [0.15, 0.2) is 18.2 Å². The molecule has 0 aliphatic carbocycles. The molecule has 5 heteroatoms. The standard InChI is InChI=1S/C11H13ClN2O2/c12-9-2-1-8(10(13)5-9)6-14-3-4-16-7-11(14)15/h1-2,5H,3-4,6-7,13H2. The van der Waals surface area contributed by atoms with E-state index in [-0.39, 0.29) is 12.5 Å². The van der Waals surface area contributed by atoms with Gasteiger partial charge in [-0.05, 0) is 17.7 Å². The Balaban J connectivity index is 2.10. The summed E-state index contributed by atoms with van der Waals surface area (Å²) in [4.78, 5) is 13.3. The predicted octanol–water partition coefficient (Wildman–Crippen LogP) is 1.28. The van der Waals surface area contributed by atoms with Gasteiger partial charge in [-0.15, -0.1) is 0 Å². The van der Waals surface area contributed by atoms with E-state index in [1.165, 1.54) is 0 Å². The van der Waals surface area contributed by atoms with Gasteiger partial charge in [-0.1, -0.05) is 17.7 Å². The van der Waals surface area contributed by atoms with E-state index in [1.807, 2.05) is 6.07 Å². The lowest BCUT2D eigenvalue weighted by atomic mass is 10.1. The molecular weight excluding hydrogens is 228 g/mol. The first kappa shape index (κ1) is 11.2. The normalized spacial score (nSPS) is 16.6. The lowest BCUT2D eigenvalue weighted by Crippen LogP contribution is -2.41. The molecule has 0 atom stereocenters. The SMILES string of the molecule is Nc1cc(Cl)ccc1CN1CCOCC1=O. The molecule has 1 aromatic rings. The first-order valence-electron chi connectivity index (χ1n) is 5.06. The van der Waals surface area contributed by atoms with Gasteiger partial charge in [0.25, 0.3) is 0 Å². The van der Waals surface area contributed by atoms with E-state index in [0.29, 0.717) is 30.4 Å². The summed E-state index contributed by atoms with van der Waals surface area (Å²) >= 11 is 5.81. The van der Waals surface area contributed by atoms with E-state index in [2.05, 4.69) is 0 Å². The molecule has 2 rings (SSSR count). The van der Waals surface area contributed by atoms with E-state index < -0.39 is 0 Å². The molecule has 0 spiro atoms. The third-order valence-electron chi connectivity index (χ3n) is 2.55. The van der Waals surface area contributed by atoms with Crippen molar-refractivity contribution in [1.82, 2.24) is 4.90 Å². The zero-order chi connectivity index (χ0) is 11.5. The average molecular weight is 241 g/mol. The number of morpholine rings is 1. The first-order valence-corrected chi connectivity index (χ1v) is 5.44. The van der Waals surface area contributed by atoms with Crippen molar-refractivity contribution < 1.29 is 9.53 Å². The van der Waals surface area contributed by atoms with Crippen molar-refractivity contribution in [2.75, 3.05) is 25.5 Å². The minimum Gasteiger partial charge on any atom is -0.398 e. The Hall–Kier alpha value is -1.26. The fraction of sp³-hybridized carbons (Fsp3) is 0.364. The lowest BCUT2D eigenvalue weighted by molar-refractivity contribution is -0.143. The maximum atomic E-state index is 11.5. The van der Waals surface area contributed by atoms with Gasteiger partial charge in [-0.2, -0.15) is 0 Å². The highest BCUT2D eigenvalue weighted by Crippen LogP contribution is 2.20. The minimum atomic E-state index is 0.000556. The van der Waals surface area contributed by atoms with Crippen molar-refractivity contribution in [2.45, 2.75) is 6.54 Å². The number of carbonyl (C=O) groups is 1. The Labute approximate surface area is 98.9 Å². The number of nitrogens with zero attached hydrogens (tertiary/aromatic N) is 1. The van der Waals surface area contributed by atoms with Crippen LogP contribution in [0.5, 0.6) is 0 Å². The average Bonchev–Trinajstić information content (AvgIpc) is 2.25. The molecule has 0 bridgehead atoms. The van der Waals surface area contributed by atoms with Crippen LogP contribution in [-0.2, 0) is 16.1 Å². The van der Waals surface area contributed by atoms with E-state index >= 15 is 0 Å². The van der Waals surface area contributed by atoms with Gasteiger partial charge in [0, 0.05) is 23.8 Å². The largest absolute Gasteiger partial charge is 0.398 e. The summed E-state index contributed by atoms with van der Waals surface area (Å²) in [5.74, 6) is 0.000556. The van der Waals surface area contributed by atoms with Gasteiger partial charge in [-0.3, -0.25) is 4.79 Å². The molecule has 2 N–H and O–H groups in total. The van der Waals surface area contributed by atoms with Crippen LogP contribution in [0.4, 0.5) is 5.69 Å². The third-order valence-corrected chi connectivity index (χ3v) is 2.79. The van der Waals surface area contributed by atoms with Gasteiger partial charge in [0.2, 0.25) is 5.91 Å². The van der Waals surface area contributed by atoms with Crippen molar-refractivity contribution in [2.24, 2.45) is 0 Å². The van der Waals surface area contributed by atoms with Crippen LogP contribution < -0.4 is 5.73 Å². The molecule has 4 nitrogen and oxygen atoms in total. The molecule has 1 heterocycles. The van der Waals surface area contributed by atoms with Gasteiger partial charge in [0.1, 0.15) is 6.61 Å². The Morgan fingerprint density at radius 1 is 1.50 bits per heavy atom. The van der Waals surface area contributed by atoms with E-state index in [4.69, 9.17) is 22.1 Å². The number of hydrogen-bond donors (Lipinski definition) is 1. The van der Waals surface area contributed by atoms with Crippen LogP contribution in [-0.4, -0.2) is 30.6 Å². The number of benzene rings is 1. The summed E-state index contributed by atoms with van der Waals surface area (Å²) in [6, 6.07) is 5.32. The summed E-state index contributed by atoms with van der Waals surface area (Å²) in [5.41, 5.74) is 7.36. The fourth-order valence-electron chi connectivity index (χ4n) is 1.63.